The molecule has 1 aromatic rings. The summed E-state index contributed by atoms with van der Waals surface area (Å²) in [5, 5.41) is 8.80. The molecule has 0 radical (unpaired) electrons. The largest absolute Gasteiger partial charge is 0.480 e. The van der Waals surface area contributed by atoms with Crippen LogP contribution in [0.4, 0.5) is 0 Å². The molecule has 1 atom stereocenters. The minimum Gasteiger partial charge on any atom is -0.480 e. The van der Waals surface area contributed by atoms with Crippen LogP contribution in [0.5, 0.6) is 0 Å². The molecule has 0 aliphatic rings. The third-order valence-corrected chi connectivity index (χ3v) is 3.62. The van der Waals surface area contributed by atoms with E-state index in [0.717, 1.165) is 0 Å². The Morgan fingerprint density at radius 1 is 1.56 bits per heavy atom. The average molecular weight is 275 g/mol. The van der Waals surface area contributed by atoms with Crippen molar-refractivity contribution in [2.75, 3.05) is 0 Å². The van der Waals surface area contributed by atoms with Gasteiger partial charge in [-0.2, -0.15) is 4.72 Å². The highest BCUT2D eigenvalue weighted by atomic mass is 32.2. The summed E-state index contributed by atoms with van der Waals surface area (Å²) in [6.45, 7) is 3.65. The third-order valence-electron chi connectivity index (χ3n) is 2.26. The van der Waals surface area contributed by atoms with E-state index in [2.05, 4.69) is 9.71 Å². The summed E-state index contributed by atoms with van der Waals surface area (Å²) in [6.07, 6.45) is 2.88. The zero-order valence-corrected chi connectivity index (χ0v) is 11.3. The normalized spacial score (nSPS) is 13.8. The summed E-state index contributed by atoms with van der Waals surface area (Å²) in [6, 6.07) is -1.14. The number of carbonyl (C=O) groups is 1. The molecule has 0 aromatic carbocycles. The Hall–Kier alpha value is -1.41. The zero-order chi connectivity index (χ0) is 13.9. The number of sulfonamides is 1. The summed E-state index contributed by atoms with van der Waals surface area (Å²) >= 11 is 0. The molecule has 1 rings (SSSR count). The number of carboxylic acids is 1. The van der Waals surface area contributed by atoms with Gasteiger partial charge >= 0.3 is 5.97 Å². The van der Waals surface area contributed by atoms with Crippen molar-refractivity contribution in [3.05, 3.63) is 12.5 Å². The number of hydrogen-bond donors (Lipinski definition) is 2. The van der Waals surface area contributed by atoms with Crippen molar-refractivity contribution >= 4 is 16.0 Å². The average Bonchev–Trinajstić information content (AvgIpc) is 2.63. The van der Waals surface area contributed by atoms with Gasteiger partial charge in [-0.15, -0.1) is 0 Å². The number of nitrogens with zero attached hydrogens (tertiary/aromatic N) is 2. The molecule has 0 unspecified atom stereocenters. The predicted molar refractivity (Wildman–Crippen MR) is 64.4 cm³/mol. The van der Waals surface area contributed by atoms with E-state index in [4.69, 9.17) is 5.11 Å². The van der Waals surface area contributed by atoms with E-state index in [1.54, 1.807) is 7.05 Å². The van der Waals surface area contributed by atoms with E-state index in [1.165, 1.54) is 17.1 Å². The van der Waals surface area contributed by atoms with Gasteiger partial charge in [-0.05, 0) is 12.3 Å². The molecule has 0 saturated heterocycles. The van der Waals surface area contributed by atoms with E-state index >= 15 is 0 Å². The predicted octanol–water partition coefficient (Wildman–Crippen LogP) is 0.198. The van der Waals surface area contributed by atoms with E-state index in [9.17, 15) is 13.2 Å². The molecular formula is C10H17N3O4S. The molecule has 18 heavy (non-hydrogen) atoms. The van der Waals surface area contributed by atoms with Crippen LogP contribution in [0.15, 0.2) is 17.6 Å². The highest BCUT2D eigenvalue weighted by Crippen LogP contribution is 2.10. The van der Waals surface area contributed by atoms with Crippen LogP contribution in [-0.2, 0) is 21.9 Å². The fourth-order valence-electron chi connectivity index (χ4n) is 1.45. The van der Waals surface area contributed by atoms with Gasteiger partial charge in [0.15, 0.2) is 5.03 Å². The molecule has 0 aliphatic carbocycles. The molecule has 102 valence electrons. The van der Waals surface area contributed by atoms with Crippen LogP contribution in [0, 0.1) is 5.92 Å². The topological polar surface area (TPSA) is 101 Å². The van der Waals surface area contributed by atoms with Crippen molar-refractivity contribution in [2.24, 2.45) is 13.0 Å². The first-order valence-corrected chi connectivity index (χ1v) is 6.94. The lowest BCUT2D eigenvalue weighted by Crippen LogP contribution is -2.41. The molecule has 2 N–H and O–H groups in total. The quantitative estimate of drug-likeness (QED) is 0.772. The van der Waals surface area contributed by atoms with E-state index in [-0.39, 0.29) is 17.4 Å². The van der Waals surface area contributed by atoms with Gasteiger partial charge < -0.3 is 9.67 Å². The monoisotopic (exact) mass is 275 g/mol. The summed E-state index contributed by atoms with van der Waals surface area (Å²) in [4.78, 5) is 14.7. The first-order valence-electron chi connectivity index (χ1n) is 5.45. The van der Waals surface area contributed by atoms with Crippen molar-refractivity contribution in [3.8, 4) is 0 Å². The SMILES string of the molecule is CC(C)C[C@H](NS(=O)(=O)c1cn(C)cn1)C(=O)O. The molecule has 0 saturated carbocycles. The Balaban J connectivity index is 2.89. The van der Waals surface area contributed by atoms with Crippen LogP contribution in [0.1, 0.15) is 20.3 Å². The first-order chi connectivity index (χ1) is 8.22. The molecule has 1 heterocycles. The van der Waals surface area contributed by atoms with Crippen LogP contribution < -0.4 is 4.72 Å². The molecule has 0 amide bonds. The molecule has 8 heteroatoms. The van der Waals surface area contributed by atoms with E-state index in [1.807, 2.05) is 13.8 Å². The lowest BCUT2D eigenvalue weighted by molar-refractivity contribution is -0.139. The van der Waals surface area contributed by atoms with Gasteiger partial charge in [0.25, 0.3) is 10.0 Å². The maximum Gasteiger partial charge on any atom is 0.321 e. The first kappa shape index (κ1) is 14.7. The van der Waals surface area contributed by atoms with Crippen LogP contribution in [0.25, 0.3) is 0 Å². The van der Waals surface area contributed by atoms with Crippen molar-refractivity contribution in [3.63, 3.8) is 0 Å². The molecule has 0 aliphatic heterocycles. The molecule has 1 aromatic heterocycles. The van der Waals surface area contributed by atoms with Gasteiger partial charge in [-0.1, -0.05) is 13.8 Å². The second-order valence-electron chi connectivity index (χ2n) is 4.52. The maximum atomic E-state index is 11.9. The second kappa shape index (κ2) is 5.49. The lowest BCUT2D eigenvalue weighted by atomic mass is 10.1. The number of aromatic nitrogens is 2. The van der Waals surface area contributed by atoms with Gasteiger partial charge in [-0.3, -0.25) is 4.79 Å². The summed E-state index contributed by atoms with van der Waals surface area (Å²) < 4.78 is 27.4. The number of aliphatic carboxylic acids is 1. The summed E-state index contributed by atoms with van der Waals surface area (Å²) in [5.74, 6) is -1.12. The summed E-state index contributed by atoms with van der Waals surface area (Å²) in [5.41, 5.74) is 0. The van der Waals surface area contributed by atoms with Gasteiger partial charge in [0.05, 0.1) is 6.33 Å². The molecule has 0 fully saturated rings. The van der Waals surface area contributed by atoms with Crippen LogP contribution in [0.2, 0.25) is 0 Å². The number of aryl methyl sites for hydroxylation is 1. The smallest absolute Gasteiger partial charge is 0.321 e. The third kappa shape index (κ3) is 3.81. The summed E-state index contributed by atoms with van der Waals surface area (Å²) in [7, 11) is -2.26. The van der Waals surface area contributed by atoms with Gasteiger partial charge in [0, 0.05) is 13.2 Å². The standard InChI is InChI=1S/C10H17N3O4S/c1-7(2)4-8(10(14)15)12-18(16,17)9-5-13(3)6-11-9/h5-8,12H,4H2,1-3H3,(H,14,15)/t8-/m0/s1. The van der Waals surface area contributed by atoms with Crippen molar-refractivity contribution in [1.82, 2.24) is 14.3 Å². The highest BCUT2D eigenvalue weighted by Gasteiger charge is 2.27. The van der Waals surface area contributed by atoms with E-state index < -0.39 is 22.0 Å². The van der Waals surface area contributed by atoms with Gasteiger partial charge in [0.1, 0.15) is 6.04 Å². The van der Waals surface area contributed by atoms with Gasteiger partial charge in [-0.25, -0.2) is 13.4 Å². The maximum absolute atomic E-state index is 11.9. The van der Waals surface area contributed by atoms with Crippen molar-refractivity contribution in [1.29, 1.82) is 0 Å². The Bertz CT molecular complexity index is 521. The number of rotatable bonds is 6. The van der Waals surface area contributed by atoms with Gasteiger partial charge in [0.2, 0.25) is 0 Å². The number of imidazole rings is 1. The Labute approximate surface area is 106 Å². The van der Waals surface area contributed by atoms with Crippen LogP contribution >= 0.6 is 0 Å². The highest BCUT2D eigenvalue weighted by molar-refractivity contribution is 7.89. The number of hydrogen-bond acceptors (Lipinski definition) is 4. The van der Waals surface area contributed by atoms with Crippen LogP contribution in [0.3, 0.4) is 0 Å². The Morgan fingerprint density at radius 3 is 2.56 bits per heavy atom. The fourth-order valence-corrected chi connectivity index (χ4v) is 2.63. The fraction of sp³-hybridized carbons (Fsp3) is 0.600. The Morgan fingerprint density at radius 2 is 2.17 bits per heavy atom. The number of carboxylic acid groups (broad SMARTS) is 1. The number of nitrogens with one attached hydrogen (secondary N) is 1. The molecule has 7 nitrogen and oxygen atoms in total. The minimum absolute atomic E-state index is 0.0672. The van der Waals surface area contributed by atoms with Crippen molar-refractivity contribution in [2.45, 2.75) is 31.3 Å². The second-order valence-corrected chi connectivity index (χ2v) is 6.18. The minimum atomic E-state index is -3.89. The lowest BCUT2D eigenvalue weighted by Gasteiger charge is -2.15. The van der Waals surface area contributed by atoms with Crippen molar-refractivity contribution < 1.29 is 18.3 Å². The molecule has 0 spiro atoms. The zero-order valence-electron chi connectivity index (χ0n) is 10.5. The Kier molecular flexibility index (Phi) is 4.47. The van der Waals surface area contributed by atoms with E-state index in [0.29, 0.717) is 0 Å². The van der Waals surface area contributed by atoms with Crippen LogP contribution in [-0.4, -0.2) is 35.1 Å². The molecular weight excluding hydrogens is 258 g/mol. The molecule has 0 bridgehead atoms.